The van der Waals surface area contributed by atoms with E-state index in [1.165, 1.54) is 12.1 Å². The molecule has 0 saturated carbocycles. The van der Waals surface area contributed by atoms with Crippen LogP contribution in [0.5, 0.6) is 0 Å². The standard InChI is InChI=1S/C10H11F3O/c11-8-5-1-3-7(4-2-6-14)9(8)10(12)13/h1,3,5,10,14H,2,4,6H2. The van der Waals surface area contributed by atoms with Crippen LogP contribution >= 0.6 is 0 Å². The van der Waals surface area contributed by atoms with Gasteiger partial charge in [-0.25, -0.2) is 13.2 Å². The molecule has 0 bridgehead atoms. The summed E-state index contributed by atoms with van der Waals surface area (Å²) in [5.41, 5.74) is -0.269. The van der Waals surface area contributed by atoms with Crippen molar-refractivity contribution in [3.8, 4) is 0 Å². The van der Waals surface area contributed by atoms with Crippen molar-refractivity contribution >= 4 is 0 Å². The molecular weight excluding hydrogens is 193 g/mol. The van der Waals surface area contributed by atoms with Crippen molar-refractivity contribution in [3.63, 3.8) is 0 Å². The Morgan fingerprint density at radius 1 is 1.29 bits per heavy atom. The van der Waals surface area contributed by atoms with Crippen LogP contribution in [-0.4, -0.2) is 11.7 Å². The maximum Gasteiger partial charge on any atom is 0.266 e. The minimum atomic E-state index is -2.80. The molecule has 1 aromatic carbocycles. The van der Waals surface area contributed by atoms with Crippen molar-refractivity contribution < 1.29 is 18.3 Å². The second kappa shape index (κ2) is 5.00. The maximum atomic E-state index is 13.0. The fourth-order valence-electron chi connectivity index (χ4n) is 1.31. The smallest absolute Gasteiger partial charge is 0.266 e. The molecule has 0 aromatic heterocycles. The summed E-state index contributed by atoms with van der Waals surface area (Å²) in [6.07, 6.45) is -2.17. The van der Waals surface area contributed by atoms with Gasteiger partial charge in [0, 0.05) is 6.61 Å². The summed E-state index contributed by atoms with van der Waals surface area (Å²) in [6, 6.07) is 3.87. The zero-order chi connectivity index (χ0) is 10.6. The van der Waals surface area contributed by atoms with Crippen LogP contribution in [0.2, 0.25) is 0 Å². The molecule has 0 amide bonds. The zero-order valence-corrected chi connectivity index (χ0v) is 7.51. The van der Waals surface area contributed by atoms with Crippen molar-refractivity contribution in [1.29, 1.82) is 0 Å². The zero-order valence-electron chi connectivity index (χ0n) is 7.51. The third-order valence-corrected chi connectivity index (χ3v) is 1.97. The van der Waals surface area contributed by atoms with Crippen LogP contribution in [0, 0.1) is 5.82 Å². The first-order chi connectivity index (χ1) is 6.66. The first-order valence-electron chi connectivity index (χ1n) is 4.33. The lowest BCUT2D eigenvalue weighted by molar-refractivity contribution is 0.145. The van der Waals surface area contributed by atoms with E-state index in [2.05, 4.69) is 0 Å². The molecule has 1 N–H and O–H groups in total. The average molecular weight is 204 g/mol. The second-order valence-corrected chi connectivity index (χ2v) is 2.94. The molecule has 0 aliphatic carbocycles. The van der Waals surface area contributed by atoms with Crippen LogP contribution in [0.4, 0.5) is 13.2 Å². The first-order valence-corrected chi connectivity index (χ1v) is 4.33. The van der Waals surface area contributed by atoms with E-state index in [0.29, 0.717) is 6.42 Å². The van der Waals surface area contributed by atoms with Crippen molar-refractivity contribution in [1.82, 2.24) is 0 Å². The Labute approximate surface area is 80.2 Å². The Morgan fingerprint density at radius 3 is 2.57 bits per heavy atom. The second-order valence-electron chi connectivity index (χ2n) is 2.94. The highest BCUT2D eigenvalue weighted by atomic mass is 19.3. The van der Waals surface area contributed by atoms with E-state index in [1.54, 1.807) is 0 Å². The Hall–Kier alpha value is -1.03. The van der Waals surface area contributed by atoms with Gasteiger partial charge in [0.1, 0.15) is 5.82 Å². The SMILES string of the molecule is OCCCc1cccc(F)c1C(F)F. The van der Waals surface area contributed by atoms with Crippen LogP contribution in [0.25, 0.3) is 0 Å². The molecule has 0 unspecified atom stereocenters. The van der Waals surface area contributed by atoms with Gasteiger partial charge in [0.15, 0.2) is 0 Å². The van der Waals surface area contributed by atoms with E-state index in [1.807, 2.05) is 0 Å². The average Bonchev–Trinajstić information content (AvgIpc) is 2.14. The minimum Gasteiger partial charge on any atom is -0.396 e. The summed E-state index contributed by atoms with van der Waals surface area (Å²) in [5, 5.41) is 8.55. The van der Waals surface area contributed by atoms with Gasteiger partial charge in [-0.2, -0.15) is 0 Å². The minimum absolute atomic E-state index is 0.0841. The summed E-state index contributed by atoms with van der Waals surface area (Å²) in [6.45, 7) is -0.0841. The normalized spacial score (nSPS) is 10.9. The van der Waals surface area contributed by atoms with E-state index >= 15 is 0 Å². The van der Waals surface area contributed by atoms with Gasteiger partial charge in [-0.1, -0.05) is 12.1 Å². The largest absolute Gasteiger partial charge is 0.396 e. The number of rotatable bonds is 4. The predicted molar refractivity (Wildman–Crippen MR) is 46.8 cm³/mol. The monoisotopic (exact) mass is 204 g/mol. The van der Waals surface area contributed by atoms with E-state index in [4.69, 9.17) is 5.11 Å². The molecule has 0 fully saturated rings. The highest BCUT2D eigenvalue weighted by Crippen LogP contribution is 2.26. The van der Waals surface area contributed by atoms with Crippen molar-refractivity contribution in [2.45, 2.75) is 19.3 Å². The molecule has 0 atom stereocenters. The lowest BCUT2D eigenvalue weighted by Crippen LogP contribution is -2.00. The van der Waals surface area contributed by atoms with Crippen LogP contribution in [0.15, 0.2) is 18.2 Å². The molecule has 1 aromatic rings. The summed E-state index contributed by atoms with van der Waals surface area (Å²) in [5.74, 6) is -0.879. The molecule has 14 heavy (non-hydrogen) atoms. The van der Waals surface area contributed by atoms with Gasteiger partial charge in [0.2, 0.25) is 0 Å². The number of hydrogen-bond acceptors (Lipinski definition) is 1. The highest BCUT2D eigenvalue weighted by Gasteiger charge is 2.17. The van der Waals surface area contributed by atoms with Crippen LogP contribution < -0.4 is 0 Å². The molecule has 0 saturated heterocycles. The Balaban J connectivity index is 2.96. The fraction of sp³-hybridized carbons (Fsp3) is 0.400. The molecule has 0 radical (unpaired) electrons. The molecule has 0 aliphatic heterocycles. The predicted octanol–water partition coefficient (Wildman–Crippen LogP) is 2.69. The van der Waals surface area contributed by atoms with E-state index in [9.17, 15) is 13.2 Å². The Kier molecular flexibility index (Phi) is 3.95. The molecule has 0 heterocycles. The number of halogens is 3. The third kappa shape index (κ3) is 2.48. The number of alkyl halides is 2. The van der Waals surface area contributed by atoms with Gasteiger partial charge in [-0.15, -0.1) is 0 Å². The van der Waals surface area contributed by atoms with Gasteiger partial charge in [-0.3, -0.25) is 0 Å². The topological polar surface area (TPSA) is 20.2 Å². The van der Waals surface area contributed by atoms with E-state index < -0.39 is 17.8 Å². The van der Waals surface area contributed by atoms with Crippen LogP contribution in [-0.2, 0) is 6.42 Å². The highest BCUT2D eigenvalue weighted by molar-refractivity contribution is 5.29. The molecule has 4 heteroatoms. The Morgan fingerprint density at radius 2 is 2.00 bits per heavy atom. The quantitative estimate of drug-likeness (QED) is 0.799. The van der Waals surface area contributed by atoms with E-state index in [-0.39, 0.29) is 18.6 Å². The van der Waals surface area contributed by atoms with Crippen LogP contribution in [0.3, 0.4) is 0 Å². The number of benzene rings is 1. The van der Waals surface area contributed by atoms with Gasteiger partial charge in [-0.05, 0) is 24.5 Å². The summed E-state index contributed by atoms with van der Waals surface area (Å²) in [7, 11) is 0. The van der Waals surface area contributed by atoms with Crippen LogP contribution in [0.1, 0.15) is 24.0 Å². The number of aliphatic hydroxyl groups excluding tert-OH is 1. The summed E-state index contributed by atoms with van der Waals surface area (Å²) < 4.78 is 37.8. The van der Waals surface area contributed by atoms with Crippen molar-refractivity contribution in [2.75, 3.05) is 6.61 Å². The lowest BCUT2D eigenvalue weighted by atomic mass is 10.0. The van der Waals surface area contributed by atoms with E-state index in [0.717, 1.165) is 6.07 Å². The number of aryl methyl sites for hydroxylation is 1. The molecule has 78 valence electrons. The summed E-state index contributed by atoms with van der Waals surface area (Å²) >= 11 is 0. The van der Waals surface area contributed by atoms with Crippen molar-refractivity contribution in [2.24, 2.45) is 0 Å². The molecule has 0 aliphatic rings. The van der Waals surface area contributed by atoms with Gasteiger partial charge in [0.25, 0.3) is 6.43 Å². The lowest BCUT2D eigenvalue weighted by Gasteiger charge is -2.08. The molecule has 0 spiro atoms. The number of hydrogen-bond donors (Lipinski definition) is 1. The Bertz CT molecular complexity index is 299. The first kappa shape index (κ1) is 11.0. The fourth-order valence-corrected chi connectivity index (χ4v) is 1.31. The molecule has 1 rings (SSSR count). The molecule has 1 nitrogen and oxygen atoms in total. The maximum absolute atomic E-state index is 13.0. The molecular formula is C10H11F3O. The summed E-state index contributed by atoms with van der Waals surface area (Å²) in [4.78, 5) is 0. The third-order valence-electron chi connectivity index (χ3n) is 1.97. The van der Waals surface area contributed by atoms with Gasteiger partial charge < -0.3 is 5.11 Å². The van der Waals surface area contributed by atoms with Gasteiger partial charge in [0.05, 0.1) is 5.56 Å². The van der Waals surface area contributed by atoms with Gasteiger partial charge >= 0.3 is 0 Å². The van der Waals surface area contributed by atoms with Crippen molar-refractivity contribution in [3.05, 3.63) is 35.1 Å². The number of aliphatic hydroxyl groups is 1.